The van der Waals surface area contributed by atoms with Crippen LogP contribution in [0.4, 0.5) is 5.69 Å². The first-order chi connectivity index (χ1) is 10.1. The van der Waals surface area contributed by atoms with E-state index in [1.54, 1.807) is 0 Å². The maximum absolute atomic E-state index is 5.96. The minimum atomic E-state index is 0.257. The van der Waals surface area contributed by atoms with Gasteiger partial charge in [-0.2, -0.15) is 0 Å². The highest BCUT2D eigenvalue weighted by Crippen LogP contribution is 2.26. The van der Waals surface area contributed by atoms with Crippen LogP contribution < -0.4 is 10.1 Å². The molecule has 2 nitrogen and oxygen atoms in total. The molecule has 0 spiro atoms. The van der Waals surface area contributed by atoms with Crippen molar-refractivity contribution in [1.82, 2.24) is 0 Å². The Bertz CT molecular complexity index is 684. The van der Waals surface area contributed by atoms with Crippen LogP contribution in [0.2, 0.25) is 5.02 Å². The van der Waals surface area contributed by atoms with Crippen molar-refractivity contribution in [3.63, 3.8) is 0 Å². The fraction of sp³-hybridized carbons (Fsp3) is 0.125. The molecule has 0 amide bonds. The molecule has 0 unspecified atom stereocenters. The molecule has 0 bridgehead atoms. The summed E-state index contributed by atoms with van der Waals surface area (Å²) in [5.74, 6) is 3.26. The second-order valence-corrected chi connectivity index (χ2v) is 6.74. The highest BCUT2D eigenvalue weighted by molar-refractivity contribution is 14.1. The molecule has 0 aromatic heterocycles. The number of anilines is 1. The van der Waals surface area contributed by atoms with Gasteiger partial charge in [-0.1, -0.05) is 33.5 Å². The van der Waals surface area contributed by atoms with Gasteiger partial charge >= 0.3 is 0 Å². The predicted molar refractivity (Wildman–Crippen MR) is 100.0 cm³/mol. The number of hydrogen-bond donors (Lipinski definition) is 1. The van der Waals surface area contributed by atoms with Crippen molar-refractivity contribution in [3.05, 3.63) is 55.0 Å². The first-order valence-electron chi connectivity index (χ1n) is 6.14. The van der Waals surface area contributed by atoms with Crippen LogP contribution >= 0.6 is 50.1 Å². The molecule has 2 aromatic rings. The van der Waals surface area contributed by atoms with E-state index in [4.69, 9.17) is 22.8 Å². The molecule has 0 aliphatic heterocycles. The molecule has 2 aromatic carbocycles. The monoisotopic (exact) mass is 475 g/mol. The lowest BCUT2D eigenvalue weighted by Gasteiger charge is -2.13. The second-order valence-electron chi connectivity index (χ2n) is 4.22. The van der Waals surface area contributed by atoms with Crippen LogP contribution in [0.15, 0.2) is 40.9 Å². The van der Waals surface area contributed by atoms with E-state index in [-0.39, 0.29) is 6.61 Å². The van der Waals surface area contributed by atoms with Gasteiger partial charge in [0.1, 0.15) is 12.4 Å². The highest BCUT2D eigenvalue weighted by atomic mass is 127. The third-order valence-electron chi connectivity index (χ3n) is 2.73. The number of rotatable bonds is 5. The van der Waals surface area contributed by atoms with Gasteiger partial charge in [-0.15, -0.1) is 6.42 Å². The molecule has 0 atom stereocenters. The molecule has 2 rings (SSSR count). The van der Waals surface area contributed by atoms with Crippen molar-refractivity contribution in [1.29, 1.82) is 0 Å². The molecular formula is C16H12BrClINO. The molecule has 1 N–H and O–H groups in total. The zero-order valence-corrected chi connectivity index (χ0v) is 15.5. The van der Waals surface area contributed by atoms with E-state index in [1.807, 2.05) is 36.4 Å². The number of nitrogens with one attached hydrogen (secondary N) is 1. The van der Waals surface area contributed by atoms with Crippen LogP contribution in [-0.2, 0) is 6.54 Å². The molecular weight excluding hydrogens is 464 g/mol. The minimum Gasteiger partial charge on any atom is -0.481 e. The lowest BCUT2D eigenvalue weighted by Crippen LogP contribution is -2.04. The van der Waals surface area contributed by atoms with Gasteiger partial charge in [-0.05, 0) is 59.0 Å². The van der Waals surface area contributed by atoms with Gasteiger partial charge in [-0.3, -0.25) is 0 Å². The summed E-state index contributed by atoms with van der Waals surface area (Å²) in [7, 11) is 0. The maximum atomic E-state index is 5.96. The van der Waals surface area contributed by atoms with Gasteiger partial charge in [-0.25, -0.2) is 0 Å². The van der Waals surface area contributed by atoms with Crippen LogP contribution in [0, 0.1) is 15.9 Å². The summed E-state index contributed by atoms with van der Waals surface area (Å²) in [4.78, 5) is 0. The average Bonchev–Trinajstić information content (AvgIpc) is 2.45. The number of terminal acetylenes is 1. The van der Waals surface area contributed by atoms with Gasteiger partial charge < -0.3 is 10.1 Å². The van der Waals surface area contributed by atoms with Crippen LogP contribution in [0.5, 0.6) is 5.75 Å². The fourth-order valence-electron chi connectivity index (χ4n) is 1.77. The molecule has 0 saturated carbocycles. The van der Waals surface area contributed by atoms with Crippen LogP contribution in [0.3, 0.4) is 0 Å². The van der Waals surface area contributed by atoms with Gasteiger partial charge in [0.25, 0.3) is 0 Å². The van der Waals surface area contributed by atoms with Gasteiger partial charge in [0.15, 0.2) is 0 Å². The number of benzene rings is 2. The van der Waals surface area contributed by atoms with Crippen molar-refractivity contribution in [2.45, 2.75) is 6.54 Å². The molecule has 5 heteroatoms. The summed E-state index contributed by atoms with van der Waals surface area (Å²) >= 11 is 11.7. The first-order valence-corrected chi connectivity index (χ1v) is 8.38. The van der Waals surface area contributed by atoms with Crippen LogP contribution in [0.25, 0.3) is 0 Å². The Morgan fingerprint density at radius 2 is 2.10 bits per heavy atom. The fourth-order valence-corrected chi connectivity index (χ4v) is 3.24. The average molecular weight is 477 g/mol. The number of ether oxygens (including phenoxy) is 1. The van der Waals surface area contributed by atoms with Crippen molar-refractivity contribution in [3.8, 4) is 18.1 Å². The van der Waals surface area contributed by atoms with Crippen molar-refractivity contribution >= 4 is 55.8 Å². The molecule has 0 aliphatic carbocycles. The zero-order valence-electron chi connectivity index (χ0n) is 11.0. The Labute approximate surface area is 151 Å². The van der Waals surface area contributed by atoms with E-state index in [1.165, 1.54) is 0 Å². The van der Waals surface area contributed by atoms with Crippen molar-refractivity contribution in [2.24, 2.45) is 0 Å². The van der Waals surface area contributed by atoms with Gasteiger partial charge in [0.05, 0.1) is 0 Å². The normalized spacial score (nSPS) is 10.0. The highest BCUT2D eigenvalue weighted by Gasteiger charge is 2.06. The third kappa shape index (κ3) is 4.80. The predicted octanol–water partition coefficient (Wildman–Crippen LogP) is 5.33. The van der Waals surface area contributed by atoms with Gasteiger partial charge in [0, 0.05) is 30.9 Å². The quantitative estimate of drug-likeness (QED) is 0.465. The molecule has 0 saturated heterocycles. The van der Waals surface area contributed by atoms with Crippen LogP contribution in [-0.4, -0.2) is 6.61 Å². The number of hydrogen-bond acceptors (Lipinski definition) is 2. The Balaban J connectivity index is 2.15. The van der Waals surface area contributed by atoms with E-state index < -0.39 is 0 Å². The Morgan fingerprint density at radius 1 is 1.29 bits per heavy atom. The third-order valence-corrected chi connectivity index (χ3v) is 4.35. The SMILES string of the molecule is C#CCOc1ccc(Br)cc1CNc1ccc(Cl)cc1I. The summed E-state index contributed by atoms with van der Waals surface area (Å²) in [5.41, 5.74) is 2.06. The van der Waals surface area contributed by atoms with E-state index >= 15 is 0 Å². The molecule has 0 fully saturated rings. The lowest BCUT2D eigenvalue weighted by atomic mass is 10.2. The molecule has 0 heterocycles. The molecule has 108 valence electrons. The second kappa shape index (κ2) is 7.92. The van der Waals surface area contributed by atoms with E-state index in [0.29, 0.717) is 6.54 Å². The largest absolute Gasteiger partial charge is 0.481 e. The topological polar surface area (TPSA) is 21.3 Å². The van der Waals surface area contributed by atoms with E-state index in [9.17, 15) is 0 Å². The van der Waals surface area contributed by atoms with Crippen molar-refractivity contribution in [2.75, 3.05) is 11.9 Å². The lowest BCUT2D eigenvalue weighted by molar-refractivity contribution is 0.366. The minimum absolute atomic E-state index is 0.257. The zero-order chi connectivity index (χ0) is 15.2. The standard InChI is InChI=1S/C16H12BrClINO/c1-2-7-21-16-6-3-12(17)8-11(16)10-20-15-5-4-13(18)9-14(15)19/h1,3-6,8-9,20H,7,10H2. The van der Waals surface area contributed by atoms with Crippen molar-refractivity contribution < 1.29 is 4.74 Å². The Hall–Kier alpha value is -0.900. The van der Waals surface area contributed by atoms with Gasteiger partial charge in [0.2, 0.25) is 0 Å². The summed E-state index contributed by atoms with van der Waals surface area (Å²) in [5, 5.41) is 4.11. The molecule has 0 aliphatic rings. The Kier molecular flexibility index (Phi) is 6.22. The maximum Gasteiger partial charge on any atom is 0.148 e. The first kappa shape index (κ1) is 16.5. The van der Waals surface area contributed by atoms with E-state index in [2.05, 4.69) is 49.8 Å². The van der Waals surface area contributed by atoms with Crippen LogP contribution in [0.1, 0.15) is 5.56 Å². The molecule has 21 heavy (non-hydrogen) atoms. The molecule has 0 radical (unpaired) electrons. The summed E-state index contributed by atoms with van der Waals surface area (Å²) < 4.78 is 7.63. The Morgan fingerprint density at radius 3 is 2.81 bits per heavy atom. The number of halogens is 3. The smallest absolute Gasteiger partial charge is 0.148 e. The summed E-state index contributed by atoms with van der Waals surface area (Å²) in [6.07, 6.45) is 5.24. The summed E-state index contributed by atoms with van der Waals surface area (Å²) in [6.45, 7) is 0.893. The summed E-state index contributed by atoms with van der Waals surface area (Å²) in [6, 6.07) is 11.6. The van der Waals surface area contributed by atoms with E-state index in [0.717, 1.165) is 30.1 Å².